The summed E-state index contributed by atoms with van der Waals surface area (Å²) in [5.74, 6) is -0.0643. The van der Waals surface area contributed by atoms with Crippen LogP contribution in [-0.4, -0.2) is 6.61 Å². The molecule has 0 aliphatic carbocycles. The summed E-state index contributed by atoms with van der Waals surface area (Å²) in [5.41, 5.74) is 0. The smallest absolute Gasteiger partial charge is 0.165 e. The van der Waals surface area contributed by atoms with Gasteiger partial charge in [-0.3, -0.25) is 0 Å². The molecule has 0 heterocycles. The van der Waals surface area contributed by atoms with Gasteiger partial charge in [0.05, 0.1) is 6.61 Å². The number of ether oxygens (including phenoxy) is 1. The third-order valence-electron chi connectivity index (χ3n) is 1.08. The minimum Gasteiger partial charge on any atom is -0.491 e. The predicted molar refractivity (Wildman–Crippen MR) is 36.4 cm³/mol. The zero-order valence-corrected chi connectivity index (χ0v) is 5.73. The molecule has 0 aliphatic heterocycles. The quantitative estimate of drug-likeness (QED) is 0.609. The second kappa shape index (κ2) is 3.20. The summed E-state index contributed by atoms with van der Waals surface area (Å²) in [7, 11) is 0. The van der Waals surface area contributed by atoms with Crippen molar-refractivity contribution >= 4 is 0 Å². The topological polar surface area (TPSA) is 9.23 Å². The van der Waals surface area contributed by atoms with Crippen molar-refractivity contribution in [1.29, 1.82) is 0 Å². The highest BCUT2D eigenvalue weighted by atomic mass is 19.1. The zero-order valence-electron chi connectivity index (χ0n) is 5.73. The van der Waals surface area contributed by atoms with Crippen molar-refractivity contribution in [2.75, 3.05) is 6.61 Å². The number of hydrogen-bond acceptors (Lipinski definition) is 1. The fourth-order valence-corrected chi connectivity index (χ4v) is 0.662. The SMILES string of the molecule is CCOc1c[c]ccc1F. The van der Waals surface area contributed by atoms with Crippen LogP contribution in [0.1, 0.15) is 6.92 Å². The minimum absolute atomic E-state index is 0.269. The molecule has 0 N–H and O–H groups in total. The number of halogens is 1. The summed E-state index contributed by atoms with van der Waals surface area (Å²) in [5, 5.41) is 0. The summed E-state index contributed by atoms with van der Waals surface area (Å²) in [6.45, 7) is 2.29. The highest BCUT2D eigenvalue weighted by molar-refractivity contribution is 5.22. The molecular formula is C8H8FO. The highest BCUT2D eigenvalue weighted by Crippen LogP contribution is 2.14. The Labute approximate surface area is 59.4 Å². The van der Waals surface area contributed by atoms with Crippen LogP contribution < -0.4 is 4.74 Å². The average molecular weight is 139 g/mol. The maximum absolute atomic E-state index is 12.6. The van der Waals surface area contributed by atoms with Gasteiger partial charge in [0.15, 0.2) is 11.6 Å². The first-order chi connectivity index (χ1) is 4.84. The first-order valence-electron chi connectivity index (χ1n) is 3.13. The van der Waals surface area contributed by atoms with Crippen molar-refractivity contribution in [2.24, 2.45) is 0 Å². The minimum atomic E-state index is -0.333. The lowest BCUT2D eigenvalue weighted by Crippen LogP contribution is -1.93. The number of benzene rings is 1. The van der Waals surface area contributed by atoms with Crippen LogP contribution in [0.25, 0.3) is 0 Å². The van der Waals surface area contributed by atoms with E-state index in [0.29, 0.717) is 6.61 Å². The van der Waals surface area contributed by atoms with E-state index in [-0.39, 0.29) is 11.6 Å². The van der Waals surface area contributed by atoms with E-state index in [1.807, 2.05) is 6.92 Å². The standard InChI is InChI=1S/C8H8FO/c1-2-10-8-6-4-3-5-7(8)9/h3,5-6H,2H2,1H3. The highest BCUT2D eigenvalue weighted by Gasteiger charge is 1.97. The van der Waals surface area contributed by atoms with Crippen LogP contribution in [0.4, 0.5) is 4.39 Å². The van der Waals surface area contributed by atoms with Gasteiger partial charge in [-0.05, 0) is 25.1 Å². The van der Waals surface area contributed by atoms with Crippen LogP contribution in [0.2, 0.25) is 0 Å². The lowest BCUT2D eigenvalue weighted by molar-refractivity contribution is 0.321. The Hall–Kier alpha value is -1.05. The normalized spacial score (nSPS) is 9.40. The lowest BCUT2D eigenvalue weighted by atomic mass is 10.3. The van der Waals surface area contributed by atoms with Crippen molar-refractivity contribution in [3.63, 3.8) is 0 Å². The van der Waals surface area contributed by atoms with Crippen LogP contribution in [0.15, 0.2) is 18.2 Å². The van der Waals surface area contributed by atoms with Crippen molar-refractivity contribution in [1.82, 2.24) is 0 Å². The molecule has 1 rings (SSSR count). The van der Waals surface area contributed by atoms with Gasteiger partial charge in [-0.25, -0.2) is 4.39 Å². The van der Waals surface area contributed by atoms with Gasteiger partial charge >= 0.3 is 0 Å². The molecule has 0 aromatic heterocycles. The Bertz CT molecular complexity index is 210. The largest absolute Gasteiger partial charge is 0.491 e. The van der Waals surface area contributed by atoms with Gasteiger partial charge in [0.2, 0.25) is 0 Å². The second-order valence-electron chi connectivity index (χ2n) is 1.79. The van der Waals surface area contributed by atoms with Gasteiger partial charge in [-0.2, -0.15) is 0 Å². The molecule has 0 amide bonds. The van der Waals surface area contributed by atoms with Gasteiger partial charge < -0.3 is 4.74 Å². The third-order valence-corrected chi connectivity index (χ3v) is 1.08. The maximum Gasteiger partial charge on any atom is 0.165 e. The number of rotatable bonds is 2. The van der Waals surface area contributed by atoms with Gasteiger partial charge in [0, 0.05) is 0 Å². The van der Waals surface area contributed by atoms with E-state index in [0.717, 1.165) is 0 Å². The molecule has 53 valence electrons. The Morgan fingerprint density at radius 1 is 1.70 bits per heavy atom. The van der Waals surface area contributed by atoms with Crippen LogP contribution in [0, 0.1) is 11.9 Å². The van der Waals surface area contributed by atoms with Crippen molar-refractivity contribution < 1.29 is 9.13 Å². The molecule has 10 heavy (non-hydrogen) atoms. The third kappa shape index (κ3) is 1.47. The van der Waals surface area contributed by atoms with E-state index in [4.69, 9.17) is 4.74 Å². The van der Waals surface area contributed by atoms with Crippen molar-refractivity contribution in [3.8, 4) is 5.75 Å². The molecule has 0 fully saturated rings. The summed E-state index contributed by atoms with van der Waals surface area (Å²) in [6.07, 6.45) is 0. The molecule has 0 bridgehead atoms. The van der Waals surface area contributed by atoms with E-state index in [1.165, 1.54) is 18.2 Å². The van der Waals surface area contributed by atoms with E-state index >= 15 is 0 Å². The first kappa shape index (κ1) is 7.06. The Morgan fingerprint density at radius 2 is 2.50 bits per heavy atom. The molecular weight excluding hydrogens is 131 g/mol. The van der Waals surface area contributed by atoms with E-state index < -0.39 is 0 Å². The van der Waals surface area contributed by atoms with Gasteiger partial charge in [-0.1, -0.05) is 6.07 Å². The summed E-state index contributed by atoms with van der Waals surface area (Å²) >= 11 is 0. The molecule has 0 aliphatic rings. The van der Waals surface area contributed by atoms with Crippen molar-refractivity contribution in [3.05, 3.63) is 30.1 Å². The summed E-state index contributed by atoms with van der Waals surface area (Å²) in [6, 6.07) is 7.04. The molecule has 1 aromatic rings. The molecule has 1 aromatic carbocycles. The van der Waals surface area contributed by atoms with Crippen LogP contribution >= 0.6 is 0 Å². The lowest BCUT2D eigenvalue weighted by Gasteiger charge is -2.01. The van der Waals surface area contributed by atoms with Gasteiger partial charge in [-0.15, -0.1) is 0 Å². The molecule has 1 nitrogen and oxygen atoms in total. The Balaban J connectivity index is 2.81. The fourth-order valence-electron chi connectivity index (χ4n) is 0.662. The predicted octanol–water partition coefficient (Wildman–Crippen LogP) is 2.02. The first-order valence-corrected chi connectivity index (χ1v) is 3.13. The summed E-state index contributed by atoms with van der Waals surface area (Å²) in [4.78, 5) is 0. The number of hydrogen-bond donors (Lipinski definition) is 0. The fraction of sp³-hybridized carbons (Fsp3) is 0.250. The Kier molecular flexibility index (Phi) is 2.26. The van der Waals surface area contributed by atoms with Gasteiger partial charge in [0.1, 0.15) is 0 Å². The Morgan fingerprint density at radius 3 is 3.10 bits per heavy atom. The zero-order chi connectivity index (χ0) is 7.40. The average Bonchev–Trinajstić information content (AvgIpc) is 1.94. The van der Waals surface area contributed by atoms with Crippen LogP contribution in [0.5, 0.6) is 5.75 Å². The molecule has 0 saturated heterocycles. The maximum atomic E-state index is 12.6. The molecule has 0 spiro atoms. The molecule has 1 radical (unpaired) electrons. The molecule has 0 atom stereocenters. The van der Waals surface area contributed by atoms with E-state index in [9.17, 15) is 4.39 Å². The molecule has 0 unspecified atom stereocenters. The molecule has 0 saturated carbocycles. The summed E-state index contributed by atoms with van der Waals surface area (Å²) < 4.78 is 17.6. The van der Waals surface area contributed by atoms with E-state index in [1.54, 1.807) is 0 Å². The van der Waals surface area contributed by atoms with Crippen LogP contribution in [0.3, 0.4) is 0 Å². The second-order valence-corrected chi connectivity index (χ2v) is 1.79. The van der Waals surface area contributed by atoms with Crippen LogP contribution in [-0.2, 0) is 0 Å². The van der Waals surface area contributed by atoms with Gasteiger partial charge in [0.25, 0.3) is 0 Å². The monoisotopic (exact) mass is 139 g/mol. The molecule has 2 heteroatoms. The van der Waals surface area contributed by atoms with Crippen molar-refractivity contribution in [2.45, 2.75) is 6.92 Å². The van der Waals surface area contributed by atoms with E-state index in [2.05, 4.69) is 6.07 Å².